The SMILES string of the molecule is CC1=[C-]CC=C1.CC1=[C-]CC=C1.[Be+2]. The summed E-state index contributed by atoms with van der Waals surface area (Å²) in [4.78, 5) is 0. The van der Waals surface area contributed by atoms with Crippen molar-refractivity contribution in [2.24, 2.45) is 0 Å². The fraction of sp³-hybridized carbons (Fsp3) is 0.333. The van der Waals surface area contributed by atoms with Gasteiger partial charge in [0.25, 0.3) is 0 Å². The van der Waals surface area contributed by atoms with E-state index in [1.165, 1.54) is 11.1 Å². The van der Waals surface area contributed by atoms with E-state index in [2.05, 4.69) is 50.3 Å². The maximum absolute atomic E-state index is 3.12. The van der Waals surface area contributed by atoms with Gasteiger partial charge in [0.15, 0.2) is 0 Å². The molecule has 2 aliphatic carbocycles. The van der Waals surface area contributed by atoms with Gasteiger partial charge < -0.3 is 0 Å². The Hall–Kier alpha value is -0.871. The van der Waals surface area contributed by atoms with Gasteiger partial charge in [-0.15, -0.1) is 12.8 Å². The summed E-state index contributed by atoms with van der Waals surface area (Å²) >= 11 is 0. The van der Waals surface area contributed by atoms with Crippen LogP contribution in [-0.2, 0) is 0 Å². The van der Waals surface area contributed by atoms with Gasteiger partial charge in [-0.05, 0) is 0 Å². The molecule has 0 aromatic carbocycles. The average molecular weight is 167 g/mol. The molecular weight excluding hydrogens is 153 g/mol. The molecule has 0 nitrogen and oxygen atoms in total. The third-order valence-electron chi connectivity index (χ3n) is 1.73. The van der Waals surface area contributed by atoms with E-state index in [0.717, 1.165) is 12.8 Å². The Morgan fingerprint density at radius 3 is 1.38 bits per heavy atom. The summed E-state index contributed by atoms with van der Waals surface area (Å²) in [6.45, 7) is 4.12. The molecule has 0 bridgehead atoms. The molecule has 2 aliphatic rings. The Bertz CT molecular complexity index is 221. The minimum Gasteiger partial charge on any atom is -0.270 e. The van der Waals surface area contributed by atoms with Crippen molar-refractivity contribution < 1.29 is 0 Å². The molecule has 0 spiro atoms. The molecule has 0 N–H and O–H groups in total. The molecule has 1 heteroatoms. The summed E-state index contributed by atoms with van der Waals surface area (Å²) in [5.41, 5.74) is 2.55. The first kappa shape index (κ1) is 12.1. The zero-order valence-corrected chi connectivity index (χ0v) is 8.43. The Labute approximate surface area is 85.0 Å². The smallest absolute Gasteiger partial charge is 0.270 e. The number of rotatable bonds is 0. The van der Waals surface area contributed by atoms with Gasteiger partial charge in [-0.1, -0.05) is 13.8 Å². The second-order valence-electron chi connectivity index (χ2n) is 2.93. The van der Waals surface area contributed by atoms with E-state index in [4.69, 9.17) is 0 Å². The number of allylic oxidation sites excluding steroid dienone is 8. The van der Waals surface area contributed by atoms with E-state index in [0.29, 0.717) is 0 Å². The van der Waals surface area contributed by atoms with Crippen LogP contribution in [-0.4, -0.2) is 10.1 Å². The van der Waals surface area contributed by atoms with Crippen LogP contribution >= 0.6 is 0 Å². The van der Waals surface area contributed by atoms with Crippen molar-refractivity contribution in [2.45, 2.75) is 26.7 Å². The van der Waals surface area contributed by atoms with Crippen molar-refractivity contribution in [1.29, 1.82) is 0 Å². The maximum atomic E-state index is 3.12. The molecule has 13 heavy (non-hydrogen) atoms. The summed E-state index contributed by atoms with van der Waals surface area (Å²) in [6.07, 6.45) is 16.7. The summed E-state index contributed by atoms with van der Waals surface area (Å²) in [5.74, 6) is 0. The second kappa shape index (κ2) is 6.62. The van der Waals surface area contributed by atoms with Crippen LogP contribution in [0, 0.1) is 12.2 Å². The Morgan fingerprint density at radius 2 is 1.31 bits per heavy atom. The van der Waals surface area contributed by atoms with Crippen LogP contribution in [0.4, 0.5) is 0 Å². The molecule has 0 unspecified atom stereocenters. The third kappa shape index (κ3) is 5.38. The predicted octanol–water partition coefficient (Wildman–Crippen LogP) is 3.01. The van der Waals surface area contributed by atoms with Gasteiger partial charge in [-0.3, -0.25) is 12.2 Å². The zero-order chi connectivity index (χ0) is 8.81. The molecule has 0 heterocycles. The molecule has 0 amide bonds. The zero-order valence-electron chi connectivity index (χ0n) is 8.43. The number of hydrogen-bond acceptors (Lipinski definition) is 0. The minimum absolute atomic E-state index is 0. The summed E-state index contributed by atoms with van der Waals surface area (Å²) in [6, 6.07) is 0. The van der Waals surface area contributed by atoms with E-state index < -0.39 is 0 Å². The first-order valence-electron chi connectivity index (χ1n) is 4.27. The van der Waals surface area contributed by atoms with E-state index in [-0.39, 0.29) is 10.1 Å². The van der Waals surface area contributed by atoms with Gasteiger partial charge in [-0.2, -0.15) is 12.2 Å². The van der Waals surface area contributed by atoms with E-state index in [9.17, 15) is 0 Å². The van der Waals surface area contributed by atoms with Crippen LogP contribution in [0.25, 0.3) is 0 Å². The van der Waals surface area contributed by atoms with Crippen LogP contribution in [0.5, 0.6) is 0 Å². The molecule has 0 atom stereocenters. The predicted molar refractivity (Wildman–Crippen MR) is 58.1 cm³/mol. The van der Waals surface area contributed by atoms with Crippen LogP contribution < -0.4 is 0 Å². The molecular formula is C12H14Be. The van der Waals surface area contributed by atoms with Crippen LogP contribution in [0.2, 0.25) is 0 Å². The minimum atomic E-state index is 0. The first-order chi connectivity index (χ1) is 5.79. The van der Waals surface area contributed by atoms with Crippen molar-refractivity contribution in [2.75, 3.05) is 0 Å². The normalized spacial score (nSPS) is 17.1. The van der Waals surface area contributed by atoms with Crippen LogP contribution in [0.15, 0.2) is 35.5 Å². The van der Waals surface area contributed by atoms with Gasteiger partial charge in [0, 0.05) is 0 Å². The third-order valence-corrected chi connectivity index (χ3v) is 1.73. The molecule has 0 saturated heterocycles. The molecule has 0 saturated carbocycles. The summed E-state index contributed by atoms with van der Waals surface area (Å²) in [7, 11) is 0. The first-order valence-corrected chi connectivity index (χ1v) is 4.27. The van der Waals surface area contributed by atoms with Crippen molar-refractivity contribution in [1.82, 2.24) is 0 Å². The Morgan fingerprint density at radius 1 is 0.923 bits per heavy atom. The second-order valence-corrected chi connectivity index (χ2v) is 2.93. The summed E-state index contributed by atoms with van der Waals surface area (Å²) < 4.78 is 0. The van der Waals surface area contributed by atoms with Gasteiger partial charge in [0.1, 0.15) is 0 Å². The van der Waals surface area contributed by atoms with E-state index >= 15 is 0 Å². The Kier molecular flexibility index (Phi) is 6.18. The van der Waals surface area contributed by atoms with Crippen molar-refractivity contribution in [3.8, 4) is 0 Å². The monoisotopic (exact) mass is 167 g/mol. The maximum Gasteiger partial charge on any atom is 2.00 e. The Balaban J connectivity index is 0.000000206. The number of hydrogen-bond donors (Lipinski definition) is 0. The van der Waals surface area contributed by atoms with Crippen LogP contribution in [0.1, 0.15) is 26.7 Å². The fourth-order valence-corrected chi connectivity index (χ4v) is 1.03. The quantitative estimate of drug-likeness (QED) is 0.384. The molecule has 64 valence electrons. The fourth-order valence-electron chi connectivity index (χ4n) is 1.03. The molecule has 0 aromatic rings. The molecule has 0 aromatic heterocycles. The van der Waals surface area contributed by atoms with Crippen molar-refractivity contribution in [3.05, 3.63) is 47.6 Å². The van der Waals surface area contributed by atoms with Gasteiger partial charge in [-0.25, -0.2) is 23.3 Å². The average Bonchev–Trinajstić information content (AvgIpc) is 2.63. The molecule has 0 aliphatic heterocycles. The molecule has 2 rings (SSSR count). The van der Waals surface area contributed by atoms with Gasteiger partial charge in [0.05, 0.1) is 0 Å². The van der Waals surface area contributed by atoms with Crippen molar-refractivity contribution >= 4 is 10.1 Å². The van der Waals surface area contributed by atoms with Gasteiger partial charge in [0.2, 0.25) is 0 Å². The standard InChI is InChI=1S/2C6H7.Be/c2*1-6-4-2-3-5-6;/h2*2,4H,3H2,1H3;/q2*-1;+2. The molecule has 0 radical (unpaired) electrons. The van der Waals surface area contributed by atoms with E-state index in [1.807, 2.05) is 0 Å². The van der Waals surface area contributed by atoms with Gasteiger partial charge >= 0.3 is 10.1 Å². The topological polar surface area (TPSA) is 0 Å². The van der Waals surface area contributed by atoms with E-state index in [1.54, 1.807) is 0 Å². The van der Waals surface area contributed by atoms with Crippen molar-refractivity contribution in [3.63, 3.8) is 0 Å². The van der Waals surface area contributed by atoms with Crippen LogP contribution in [0.3, 0.4) is 0 Å². The largest absolute Gasteiger partial charge is 2.00 e. The summed E-state index contributed by atoms with van der Waals surface area (Å²) in [5, 5.41) is 0. The molecule has 0 fully saturated rings.